The largest absolute Gasteiger partial charge is 0.371 e. The summed E-state index contributed by atoms with van der Waals surface area (Å²) >= 11 is 6.06. The Morgan fingerprint density at radius 2 is 1.74 bits per heavy atom. The summed E-state index contributed by atoms with van der Waals surface area (Å²) in [5.41, 5.74) is 2.13. The van der Waals surface area contributed by atoms with E-state index in [9.17, 15) is 13.2 Å². The van der Waals surface area contributed by atoms with Crippen LogP contribution in [0.5, 0.6) is 0 Å². The molecule has 0 bridgehead atoms. The first-order valence-electron chi connectivity index (χ1n) is 12.2. The van der Waals surface area contributed by atoms with Gasteiger partial charge in [-0.1, -0.05) is 23.7 Å². The number of carbonyl (C=O) groups is 1. The number of aromatic nitrogens is 1. The van der Waals surface area contributed by atoms with Gasteiger partial charge in [0.1, 0.15) is 0 Å². The summed E-state index contributed by atoms with van der Waals surface area (Å²) in [5, 5.41) is 2.36. The smallest absolute Gasteiger partial charge is 0.226 e. The number of pyridine rings is 1. The number of piperidine rings is 1. The number of anilines is 1. The predicted molar refractivity (Wildman–Crippen MR) is 140 cm³/mol. The zero-order chi connectivity index (χ0) is 24.6. The second kappa shape index (κ2) is 9.78. The summed E-state index contributed by atoms with van der Waals surface area (Å²) in [6.45, 7) is 4.25. The van der Waals surface area contributed by atoms with E-state index < -0.39 is 9.84 Å². The summed E-state index contributed by atoms with van der Waals surface area (Å²) in [4.78, 5) is 22.1. The molecule has 1 amide bonds. The van der Waals surface area contributed by atoms with Crippen molar-refractivity contribution in [3.05, 3.63) is 65.4 Å². The summed E-state index contributed by atoms with van der Waals surface area (Å²) in [7, 11) is -3.53. The van der Waals surface area contributed by atoms with Crippen molar-refractivity contribution in [2.24, 2.45) is 5.92 Å². The normalized spacial score (nSPS) is 19.4. The Morgan fingerprint density at radius 3 is 2.51 bits per heavy atom. The highest BCUT2D eigenvalue weighted by atomic mass is 35.5. The van der Waals surface area contributed by atoms with Crippen LogP contribution in [-0.4, -0.2) is 55.6 Å². The molecule has 2 aliphatic rings. The minimum atomic E-state index is -3.53. The van der Waals surface area contributed by atoms with Crippen LogP contribution >= 0.6 is 11.6 Å². The molecule has 5 rings (SSSR count). The van der Waals surface area contributed by atoms with E-state index >= 15 is 0 Å². The fraction of sp³-hybridized carbons (Fsp3) is 0.407. The highest BCUT2D eigenvalue weighted by Gasteiger charge is 2.37. The Kier molecular flexibility index (Phi) is 6.73. The maximum atomic E-state index is 13.4. The molecule has 1 atom stereocenters. The number of benzene rings is 2. The maximum Gasteiger partial charge on any atom is 0.226 e. The quantitative estimate of drug-likeness (QED) is 0.488. The number of likely N-dealkylation sites (tertiary alicyclic amines) is 1. The molecule has 2 saturated heterocycles. The van der Waals surface area contributed by atoms with E-state index in [1.807, 2.05) is 36.2 Å². The van der Waals surface area contributed by atoms with Gasteiger partial charge in [0.25, 0.3) is 0 Å². The molecule has 6 nitrogen and oxygen atoms in total. The standard InChI is InChI=1S/C27H30ClN3O3S/c1-19-15-24(8-11-29-19)30-13-9-20(10-14-30)27(32)31-12-2-3-25(31)18-35(33,34)26-7-5-21-16-23(28)6-4-22(21)17-26/h4-8,11,15-17,20,25H,2-3,9-10,12-14,18H2,1H3. The molecule has 2 aliphatic heterocycles. The lowest BCUT2D eigenvalue weighted by Crippen LogP contribution is -2.46. The van der Waals surface area contributed by atoms with Gasteiger partial charge in [-0.2, -0.15) is 0 Å². The summed E-state index contributed by atoms with van der Waals surface area (Å²) in [5.74, 6) is 0.0248. The van der Waals surface area contributed by atoms with Crippen molar-refractivity contribution < 1.29 is 13.2 Å². The first-order chi connectivity index (χ1) is 16.8. The fourth-order valence-corrected chi connectivity index (χ4v) is 7.19. The number of hydrogen-bond donors (Lipinski definition) is 0. The van der Waals surface area contributed by atoms with Crippen molar-refractivity contribution in [1.82, 2.24) is 9.88 Å². The van der Waals surface area contributed by atoms with E-state index in [2.05, 4.69) is 16.0 Å². The lowest BCUT2D eigenvalue weighted by Gasteiger charge is -2.36. The Labute approximate surface area is 211 Å². The van der Waals surface area contributed by atoms with Crippen LogP contribution in [0.1, 0.15) is 31.4 Å². The molecule has 1 aromatic heterocycles. The minimum Gasteiger partial charge on any atom is -0.371 e. The third kappa shape index (κ3) is 5.16. The third-order valence-corrected chi connectivity index (χ3v) is 9.33. The molecule has 184 valence electrons. The predicted octanol–water partition coefficient (Wildman–Crippen LogP) is 4.88. The van der Waals surface area contributed by atoms with Gasteiger partial charge in [-0.25, -0.2) is 8.42 Å². The molecular weight excluding hydrogens is 482 g/mol. The highest BCUT2D eigenvalue weighted by Crippen LogP contribution is 2.30. The number of rotatable bonds is 5. The number of fused-ring (bicyclic) bond motifs is 1. The molecule has 0 aliphatic carbocycles. The number of hydrogen-bond acceptors (Lipinski definition) is 5. The SMILES string of the molecule is Cc1cc(N2CCC(C(=O)N3CCCC3CS(=O)(=O)c3ccc4cc(Cl)ccc4c3)CC2)ccn1. The third-order valence-electron chi connectivity index (χ3n) is 7.29. The molecule has 0 spiro atoms. The summed E-state index contributed by atoms with van der Waals surface area (Å²) in [6.07, 6.45) is 4.95. The van der Waals surface area contributed by atoms with Crippen molar-refractivity contribution in [3.63, 3.8) is 0 Å². The summed E-state index contributed by atoms with van der Waals surface area (Å²) in [6, 6.07) is 14.4. The molecule has 0 N–H and O–H groups in total. The van der Waals surface area contributed by atoms with E-state index in [4.69, 9.17) is 11.6 Å². The van der Waals surface area contributed by atoms with Gasteiger partial charge >= 0.3 is 0 Å². The van der Waals surface area contributed by atoms with Gasteiger partial charge in [0.15, 0.2) is 9.84 Å². The number of sulfone groups is 1. The molecule has 0 radical (unpaired) electrons. The van der Waals surface area contributed by atoms with Crippen molar-refractivity contribution in [3.8, 4) is 0 Å². The summed E-state index contributed by atoms with van der Waals surface area (Å²) < 4.78 is 26.6. The van der Waals surface area contributed by atoms with Crippen LogP contribution in [-0.2, 0) is 14.6 Å². The molecule has 3 heterocycles. The van der Waals surface area contributed by atoms with Gasteiger partial charge in [-0.05, 0) is 79.8 Å². The molecule has 3 aromatic rings. The maximum absolute atomic E-state index is 13.4. The Morgan fingerprint density at radius 1 is 1.00 bits per heavy atom. The van der Waals surface area contributed by atoms with Crippen molar-refractivity contribution in [2.45, 2.75) is 43.5 Å². The van der Waals surface area contributed by atoms with Crippen LogP contribution in [0.3, 0.4) is 0 Å². The topological polar surface area (TPSA) is 70.6 Å². The van der Waals surface area contributed by atoms with E-state index in [-0.39, 0.29) is 23.6 Å². The first kappa shape index (κ1) is 24.1. The number of amides is 1. The highest BCUT2D eigenvalue weighted by molar-refractivity contribution is 7.91. The fourth-order valence-electron chi connectivity index (χ4n) is 5.38. The van der Waals surface area contributed by atoms with E-state index in [1.54, 1.807) is 24.3 Å². The van der Waals surface area contributed by atoms with Gasteiger partial charge in [-0.15, -0.1) is 0 Å². The van der Waals surface area contributed by atoms with E-state index in [1.165, 1.54) is 0 Å². The zero-order valence-electron chi connectivity index (χ0n) is 19.9. The molecule has 35 heavy (non-hydrogen) atoms. The monoisotopic (exact) mass is 511 g/mol. The van der Waals surface area contributed by atoms with Crippen molar-refractivity contribution in [1.29, 1.82) is 0 Å². The van der Waals surface area contributed by atoms with Gasteiger partial charge < -0.3 is 9.80 Å². The number of aryl methyl sites for hydroxylation is 1. The Bertz CT molecular complexity index is 1350. The van der Waals surface area contributed by atoms with Crippen LogP contribution < -0.4 is 4.90 Å². The zero-order valence-corrected chi connectivity index (χ0v) is 21.4. The van der Waals surface area contributed by atoms with Crippen LogP contribution in [0, 0.1) is 12.8 Å². The average molecular weight is 512 g/mol. The lowest BCUT2D eigenvalue weighted by molar-refractivity contribution is -0.136. The van der Waals surface area contributed by atoms with E-state index in [0.717, 1.165) is 60.9 Å². The molecule has 0 saturated carbocycles. The Hall–Kier alpha value is -2.64. The molecular formula is C27H30ClN3O3S. The number of carbonyl (C=O) groups excluding carboxylic acids is 1. The van der Waals surface area contributed by atoms with Crippen LogP contribution in [0.15, 0.2) is 59.6 Å². The Balaban J connectivity index is 1.25. The number of nitrogens with zero attached hydrogens (tertiary/aromatic N) is 3. The van der Waals surface area contributed by atoms with Crippen LogP contribution in [0.25, 0.3) is 10.8 Å². The first-order valence-corrected chi connectivity index (χ1v) is 14.2. The van der Waals surface area contributed by atoms with Gasteiger partial charge in [0, 0.05) is 54.2 Å². The molecule has 1 unspecified atom stereocenters. The van der Waals surface area contributed by atoms with Gasteiger partial charge in [-0.3, -0.25) is 9.78 Å². The van der Waals surface area contributed by atoms with Crippen LogP contribution in [0.4, 0.5) is 5.69 Å². The lowest BCUT2D eigenvalue weighted by atomic mass is 9.94. The molecule has 8 heteroatoms. The van der Waals surface area contributed by atoms with Gasteiger partial charge in [0.2, 0.25) is 5.91 Å². The second-order valence-electron chi connectivity index (χ2n) is 9.68. The van der Waals surface area contributed by atoms with Crippen molar-refractivity contribution >= 4 is 43.8 Å². The molecule has 2 fully saturated rings. The average Bonchev–Trinajstić information content (AvgIpc) is 3.30. The minimum absolute atomic E-state index is 0.0347. The number of halogens is 1. The van der Waals surface area contributed by atoms with Crippen molar-refractivity contribution in [2.75, 3.05) is 30.3 Å². The van der Waals surface area contributed by atoms with Gasteiger partial charge in [0.05, 0.1) is 10.6 Å². The van der Waals surface area contributed by atoms with Crippen LogP contribution in [0.2, 0.25) is 5.02 Å². The second-order valence-corrected chi connectivity index (χ2v) is 12.1. The van der Waals surface area contributed by atoms with E-state index in [0.29, 0.717) is 16.5 Å². The molecule has 2 aromatic carbocycles.